The van der Waals surface area contributed by atoms with Gasteiger partial charge in [0.25, 0.3) is 5.91 Å². The molecule has 6 heteroatoms. The van der Waals surface area contributed by atoms with Crippen LogP contribution in [0.1, 0.15) is 11.3 Å². The van der Waals surface area contributed by atoms with E-state index in [-0.39, 0.29) is 37.1 Å². The minimum Gasteiger partial charge on any atom is -0.508 e. The molecule has 3 aromatic rings. The number of rotatable bonds is 7. The van der Waals surface area contributed by atoms with E-state index < -0.39 is 5.82 Å². The Morgan fingerprint density at radius 3 is 2.54 bits per heavy atom. The van der Waals surface area contributed by atoms with Crippen molar-refractivity contribution in [2.75, 3.05) is 6.61 Å². The lowest BCUT2D eigenvalue weighted by molar-refractivity contribution is -0.135. The molecule has 0 saturated heterocycles. The van der Waals surface area contributed by atoms with Crippen molar-refractivity contribution in [3.8, 4) is 11.5 Å². The molecule has 5 nitrogen and oxygen atoms in total. The van der Waals surface area contributed by atoms with Gasteiger partial charge in [0, 0.05) is 12.1 Å². The highest BCUT2D eigenvalue weighted by Gasteiger charge is 2.18. The van der Waals surface area contributed by atoms with E-state index >= 15 is 0 Å². The number of ether oxygens (including phenoxy) is 1. The van der Waals surface area contributed by atoms with Gasteiger partial charge in [0.2, 0.25) is 0 Å². The summed E-state index contributed by atoms with van der Waals surface area (Å²) in [5, 5.41) is 9.97. The van der Waals surface area contributed by atoms with Crippen LogP contribution in [-0.2, 0) is 17.9 Å². The van der Waals surface area contributed by atoms with Crippen molar-refractivity contribution in [3.05, 3.63) is 84.1 Å². The van der Waals surface area contributed by atoms with Crippen LogP contribution >= 0.6 is 0 Å². The Morgan fingerprint density at radius 1 is 1.04 bits per heavy atom. The van der Waals surface area contributed by atoms with Gasteiger partial charge in [0.05, 0.1) is 12.8 Å². The number of phenolic OH excluding ortho intramolecular Hbond substituents is 1. The third kappa shape index (κ3) is 4.42. The Hall–Kier alpha value is -3.28. The third-order valence-corrected chi connectivity index (χ3v) is 3.82. The van der Waals surface area contributed by atoms with Crippen molar-refractivity contribution in [2.24, 2.45) is 0 Å². The smallest absolute Gasteiger partial charge is 0.261 e. The van der Waals surface area contributed by atoms with Crippen molar-refractivity contribution in [1.29, 1.82) is 0 Å². The Morgan fingerprint density at radius 2 is 1.81 bits per heavy atom. The number of nitrogens with zero attached hydrogens (tertiary/aromatic N) is 1. The summed E-state index contributed by atoms with van der Waals surface area (Å²) in [6.45, 7) is 0.0584. The lowest BCUT2D eigenvalue weighted by Crippen LogP contribution is -2.34. The first-order chi connectivity index (χ1) is 12.6. The number of hydrogen-bond donors (Lipinski definition) is 1. The number of phenols is 1. The van der Waals surface area contributed by atoms with Crippen molar-refractivity contribution in [3.63, 3.8) is 0 Å². The molecule has 0 fully saturated rings. The fourth-order valence-corrected chi connectivity index (χ4v) is 2.47. The molecular formula is C20H18FNO4. The predicted octanol–water partition coefficient (Wildman–Crippen LogP) is 3.73. The van der Waals surface area contributed by atoms with E-state index in [1.165, 1.54) is 23.3 Å². The Bertz CT molecular complexity index is 864. The number of halogens is 1. The number of amides is 1. The maximum Gasteiger partial charge on any atom is 0.261 e. The molecule has 1 heterocycles. The van der Waals surface area contributed by atoms with Crippen LogP contribution in [0.2, 0.25) is 0 Å². The monoisotopic (exact) mass is 355 g/mol. The van der Waals surface area contributed by atoms with Crippen LogP contribution in [0.3, 0.4) is 0 Å². The van der Waals surface area contributed by atoms with Crippen LogP contribution in [-0.4, -0.2) is 22.5 Å². The summed E-state index contributed by atoms with van der Waals surface area (Å²) in [5.74, 6) is -0.174. The van der Waals surface area contributed by atoms with Crippen LogP contribution in [0.5, 0.6) is 11.5 Å². The van der Waals surface area contributed by atoms with E-state index in [0.29, 0.717) is 11.3 Å². The second-order valence-corrected chi connectivity index (χ2v) is 5.68. The van der Waals surface area contributed by atoms with Gasteiger partial charge < -0.3 is 19.2 Å². The minimum atomic E-state index is -0.529. The van der Waals surface area contributed by atoms with E-state index in [4.69, 9.17) is 9.15 Å². The van der Waals surface area contributed by atoms with Crippen LogP contribution in [0, 0.1) is 5.82 Å². The number of para-hydroxylation sites is 2. The van der Waals surface area contributed by atoms with Gasteiger partial charge in [0.15, 0.2) is 18.2 Å². The van der Waals surface area contributed by atoms with Crippen molar-refractivity contribution < 1.29 is 23.4 Å². The molecule has 134 valence electrons. The zero-order valence-corrected chi connectivity index (χ0v) is 14.0. The molecule has 0 spiro atoms. The molecule has 0 saturated carbocycles. The molecule has 0 unspecified atom stereocenters. The molecule has 0 atom stereocenters. The van der Waals surface area contributed by atoms with Crippen molar-refractivity contribution in [1.82, 2.24) is 4.90 Å². The molecule has 0 radical (unpaired) electrons. The quantitative estimate of drug-likeness (QED) is 0.701. The topological polar surface area (TPSA) is 62.9 Å². The number of benzene rings is 2. The first-order valence-electron chi connectivity index (χ1n) is 8.08. The van der Waals surface area contributed by atoms with E-state index in [1.807, 2.05) is 0 Å². The fourth-order valence-electron chi connectivity index (χ4n) is 2.47. The van der Waals surface area contributed by atoms with Gasteiger partial charge in [-0.25, -0.2) is 4.39 Å². The number of carbonyl (C=O) groups excluding carboxylic acids is 1. The summed E-state index contributed by atoms with van der Waals surface area (Å²) in [6, 6.07) is 16.2. The standard InChI is InChI=1S/C20H18FNO4/c21-17-8-2-4-10-19(17)26-14-20(24)22(13-16-7-5-11-25-16)12-15-6-1-3-9-18(15)23/h1-11,23H,12-14H2. The average Bonchev–Trinajstić information content (AvgIpc) is 3.15. The normalized spacial score (nSPS) is 10.5. The van der Waals surface area contributed by atoms with Crippen LogP contribution in [0.15, 0.2) is 71.3 Å². The lowest BCUT2D eigenvalue weighted by Gasteiger charge is -2.22. The highest BCUT2D eigenvalue weighted by atomic mass is 19.1. The second-order valence-electron chi connectivity index (χ2n) is 5.68. The first kappa shape index (κ1) is 17.5. The molecule has 1 aromatic heterocycles. The number of furan rings is 1. The summed E-state index contributed by atoms with van der Waals surface area (Å²) in [4.78, 5) is 14.1. The Balaban J connectivity index is 1.72. The maximum atomic E-state index is 13.6. The molecule has 0 aliphatic rings. The fraction of sp³-hybridized carbons (Fsp3) is 0.150. The molecule has 0 aliphatic carbocycles. The largest absolute Gasteiger partial charge is 0.508 e. The van der Waals surface area contributed by atoms with Crippen LogP contribution in [0.4, 0.5) is 4.39 Å². The third-order valence-electron chi connectivity index (χ3n) is 3.82. The number of aromatic hydroxyl groups is 1. The van der Waals surface area contributed by atoms with Gasteiger partial charge >= 0.3 is 0 Å². The highest BCUT2D eigenvalue weighted by molar-refractivity contribution is 5.77. The first-order valence-corrected chi connectivity index (χ1v) is 8.08. The molecule has 0 aliphatic heterocycles. The summed E-state index contributed by atoms with van der Waals surface area (Å²) >= 11 is 0. The van der Waals surface area contributed by atoms with Crippen LogP contribution in [0.25, 0.3) is 0 Å². The van der Waals surface area contributed by atoms with Gasteiger partial charge in [-0.3, -0.25) is 4.79 Å². The van der Waals surface area contributed by atoms with Gasteiger partial charge in [0.1, 0.15) is 11.5 Å². The van der Waals surface area contributed by atoms with Crippen LogP contribution < -0.4 is 4.74 Å². The zero-order valence-electron chi connectivity index (χ0n) is 14.0. The van der Waals surface area contributed by atoms with E-state index in [0.717, 1.165) is 0 Å². The summed E-state index contributed by atoms with van der Waals surface area (Å²) in [5.41, 5.74) is 0.596. The Kier molecular flexibility index (Phi) is 5.53. The van der Waals surface area contributed by atoms with Gasteiger partial charge in [-0.15, -0.1) is 0 Å². The van der Waals surface area contributed by atoms with Gasteiger partial charge in [-0.05, 0) is 30.3 Å². The molecule has 2 aromatic carbocycles. The maximum absolute atomic E-state index is 13.6. The minimum absolute atomic E-state index is 0.0151. The lowest BCUT2D eigenvalue weighted by atomic mass is 10.2. The number of hydrogen-bond acceptors (Lipinski definition) is 4. The molecular weight excluding hydrogens is 337 g/mol. The van der Waals surface area contributed by atoms with Gasteiger partial charge in [-0.2, -0.15) is 0 Å². The average molecular weight is 355 g/mol. The highest BCUT2D eigenvalue weighted by Crippen LogP contribution is 2.20. The zero-order chi connectivity index (χ0) is 18.4. The van der Waals surface area contributed by atoms with Crippen molar-refractivity contribution in [2.45, 2.75) is 13.1 Å². The SMILES string of the molecule is O=C(COc1ccccc1F)N(Cc1ccco1)Cc1ccccc1O. The molecule has 1 amide bonds. The van der Waals surface area contributed by atoms with Crippen molar-refractivity contribution >= 4 is 5.91 Å². The van der Waals surface area contributed by atoms with Gasteiger partial charge in [-0.1, -0.05) is 30.3 Å². The van der Waals surface area contributed by atoms with E-state index in [1.54, 1.807) is 48.5 Å². The second kappa shape index (κ2) is 8.20. The van der Waals surface area contributed by atoms with E-state index in [2.05, 4.69) is 0 Å². The molecule has 0 bridgehead atoms. The van der Waals surface area contributed by atoms with E-state index in [9.17, 15) is 14.3 Å². The summed E-state index contributed by atoms with van der Waals surface area (Å²) < 4.78 is 24.3. The summed E-state index contributed by atoms with van der Waals surface area (Å²) in [7, 11) is 0. The molecule has 26 heavy (non-hydrogen) atoms. The summed E-state index contributed by atoms with van der Waals surface area (Å²) in [6.07, 6.45) is 1.52. The molecule has 3 rings (SSSR count). The Labute approximate surface area is 150 Å². The number of carbonyl (C=O) groups is 1. The predicted molar refractivity (Wildman–Crippen MR) is 93.0 cm³/mol. The molecule has 1 N–H and O–H groups in total.